The molecule has 0 fully saturated rings. The molecule has 0 aliphatic rings. The number of rotatable bonds is 4. The van der Waals surface area contributed by atoms with Crippen molar-refractivity contribution in [1.82, 2.24) is 4.57 Å². The van der Waals surface area contributed by atoms with Crippen LogP contribution >= 0.6 is 0 Å². The van der Waals surface area contributed by atoms with Gasteiger partial charge in [-0.3, -0.25) is 4.79 Å². The summed E-state index contributed by atoms with van der Waals surface area (Å²) in [7, 11) is 1.65. The topological polar surface area (TPSA) is 31.2 Å². The second-order valence-electron chi connectivity index (χ2n) is 6.04. The molecule has 0 aliphatic heterocycles. The number of benzene rings is 2. The highest BCUT2D eigenvalue weighted by molar-refractivity contribution is 6.08. The first-order valence-corrected chi connectivity index (χ1v) is 7.71. The monoisotopic (exact) mass is 295 g/mol. The summed E-state index contributed by atoms with van der Waals surface area (Å²) in [4.78, 5) is 12.9. The highest BCUT2D eigenvalue weighted by Gasteiger charge is 2.13. The Morgan fingerprint density at radius 1 is 1.05 bits per heavy atom. The van der Waals surface area contributed by atoms with Gasteiger partial charge in [0, 0.05) is 17.3 Å². The molecule has 0 amide bonds. The van der Waals surface area contributed by atoms with Crippen LogP contribution in [0.15, 0.2) is 47.3 Å². The molecule has 0 bridgehead atoms. The molecule has 3 rings (SSSR count). The fourth-order valence-electron chi connectivity index (χ4n) is 2.94. The summed E-state index contributed by atoms with van der Waals surface area (Å²) in [5, 5.41) is 2.70. The van der Waals surface area contributed by atoms with Crippen molar-refractivity contribution in [2.24, 2.45) is 5.92 Å². The Balaban J connectivity index is 2.40. The van der Waals surface area contributed by atoms with Crippen molar-refractivity contribution < 1.29 is 4.74 Å². The molecule has 114 valence electrons. The summed E-state index contributed by atoms with van der Waals surface area (Å²) in [5.41, 5.74) is 1.04. The van der Waals surface area contributed by atoms with Gasteiger partial charge in [0.2, 0.25) is 0 Å². The first-order valence-electron chi connectivity index (χ1n) is 7.71. The number of fused-ring (bicyclic) bond motifs is 3. The van der Waals surface area contributed by atoms with Gasteiger partial charge in [-0.2, -0.15) is 0 Å². The van der Waals surface area contributed by atoms with Crippen LogP contribution in [0.4, 0.5) is 0 Å². The number of hydrogen-bond acceptors (Lipinski definition) is 2. The van der Waals surface area contributed by atoms with Crippen LogP contribution in [0.2, 0.25) is 0 Å². The van der Waals surface area contributed by atoms with Crippen molar-refractivity contribution >= 4 is 21.7 Å². The second kappa shape index (κ2) is 5.84. The van der Waals surface area contributed by atoms with Gasteiger partial charge < -0.3 is 9.30 Å². The Morgan fingerprint density at radius 3 is 2.50 bits per heavy atom. The van der Waals surface area contributed by atoms with Gasteiger partial charge in [-0.25, -0.2) is 0 Å². The number of aromatic nitrogens is 1. The van der Waals surface area contributed by atoms with Crippen LogP contribution in [-0.2, 0) is 6.54 Å². The zero-order valence-electron chi connectivity index (χ0n) is 13.3. The lowest BCUT2D eigenvalue weighted by atomic mass is 10.0. The molecule has 3 nitrogen and oxygen atoms in total. The molecule has 3 aromatic rings. The van der Waals surface area contributed by atoms with E-state index in [0.29, 0.717) is 5.92 Å². The summed E-state index contributed by atoms with van der Waals surface area (Å²) in [5.74, 6) is 1.31. The van der Waals surface area contributed by atoms with Crippen LogP contribution in [0, 0.1) is 5.92 Å². The van der Waals surface area contributed by atoms with Crippen molar-refractivity contribution in [1.29, 1.82) is 0 Å². The van der Waals surface area contributed by atoms with Crippen molar-refractivity contribution in [3.05, 3.63) is 52.8 Å². The van der Waals surface area contributed by atoms with Gasteiger partial charge in [0.25, 0.3) is 5.56 Å². The van der Waals surface area contributed by atoms with E-state index in [1.165, 1.54) is 0 Å². The maximum Gasteiger partial charge on any atom is 0.259 e. The molecule has 3 heteroatoms. The van der Waals surface area contributed by atoms with Crippen molar-refractivity contribution in [2.45, 2.75) is 26.8 Å². The first kappa shape index (κ1) is 14.6. The second-order valence-corrected chi connectivity index (χ2v) is 6.04. The molecule has 0 unspecified atom stereocenters. The van der Waals surface area contributed by atoms with E-state index in [-0.39, 0.29) is 5.56 Å². The van der Waals surface area contributed by atoms with E-state index < -0.39 is 0 Å². The molecule has 2 aromatic carbocycles. The SMILES string of the molecule is COc1cccc2c(=O)n(CCC(C)C)c3ccccc3c12. The zero-order valence-corrected chi connectivity index (χ0v) is 13.3. The Labute approximate surface area is 130 Å². The highest BCUT2D eigenvalue weighted by atomic mass is 16.5. The summed E-state index contributed by atoms with van der Waals surface area (Å²) < 4.78 is 7.38. The van der Waals surface area contributed by atoms with Crippen molar-refractivity contribution in [2.75, 3.05) is 7.11 Å². The van der Waals surface area contributed by atoms with Gasteiger partial charge >= 0.3 is 0 Å². The molecule has 0 radical (unpaired) electrons. The molecule has 22 heavy (non-hydrogen) atoms. The molecular formula is C19H21NO2. The largest absolute Gasteiger partial charge is 0.496 e. The minimum atomic E-state index is 0.0632. The van der Waals surface area contributed by atoms with E-state index in [4.69, 9.17) is 4.74 Å². The molecular weight excluding hydrogens is 274 g/mol. The lowest BCUT2D eigenvalue weighted by Gasteiger charge is -2.15. The summed E-state index contributed by atoms with van der Waals surface area (Å²) in [6.45, 7) is 5.10. The number of aryl methyl sites for hydroxylation is 1. The average Bonchev–Trinajstić information content (AvgIpc) is 2.54. The van der Waals surface area contributed by atoms with E-state index in [1.807, 2.05) is 41.0 Å². The highest BCUT2D eigenvalue weighted by Crippen LogP contribution is 2.30. The van der Waals surface area contributed by atoms with Crippen LogP contribution in [-0.4, -0.2) is 11.7 Å². The van der Waals surface area contributed by atoms with Gasteiger partial charge in [-0.1, -0.05) is 38.1 Å². The third-order valence-electron chi connectivity index (χ3n) is 4.12. The molecule has 0 saturated heterocycles. The van der Waals surface area contributed by atoms with Gasteiger partial charge in [-0.15, -0.1) is 0 Å². The van der Waals surface area contributed by atoms with E-state index >= 15 is 0 Å². The number of methoxy groups -OCH3 is 1. The van der Waals surface area contributed by atoms with Crippen molar-refractivity contribution in [3.8, 4) is 5.75 Å². The van der Waals surface area contributed by atoms with Gasteiger partial charge in [0.15, 0.2) is 0 Å². The van der Waals surface area contributed by atoms with Gasteiger partial charge in [-0.05, 0) is 30.5 Å². The number of pyridine rings is 1. The van der Waals surface area contributed by atoms with Crippen molar-refractivity contribution in [3.63, 3.8) is 0 Å². The van der Waals surface area contributed by atoms with Gasteiger partial charge in [0.05, 0.1) is 18.0 Å². The summed E-state index contributed by atoms with van der Waals surface area (Å²) >= 11 is 0. The Bertz CT molecular complexity index is 878. The zero-order chi connectivity index (χ0) is 15.7. The maximum absolute atomic E-state index is 12.9. The van der Waals surface area contributed by atoms with Crippen LogP contribution in [0.1, 0.15) is 20.3 Å². The summed E-state index contributed by atoms with van der Waals surface area (Å²) in [6, 6.07) is 13.7. The van der Waals surface area contributed by atoms with E-state index in [1.54, 1.807) is 7.11 Å². The summed E-state index contributed by atoms with van der Waals surface area (Å²) in [6.07, 6.45) is 0.985. The minimum Gasteiger partial charge on any atom is -0.496 e. The third-order valence-corrected chi connectivity index (χ3v) is 4.12. The standard InChI is InChI=1S/C19H21NO2/c1-13(2)11-12-20-16-9-5-4-7-14(16)18-15(19(20)21)8-6-10-17(18)22-3/h4-10,13H,11-12H2,1-3H3. The molecule has 0 saturated carbocycles. The van der Waals surface area contributed by atoms with Crippen LogP contribution in [0.25, 0.3) is 21.7 Å². The van der Waals surface area contributed by atoms with E-state index in [9.17, 15) is 4.79 Å². The minimum absolute atomic E-state index is 0.0632. The van der Waals surface area contributed by atoms with E-state index in [2.05, 4.69) is 19.9 Å². The van der Waals surface area contributed by atoms with Crippen LogP contribution < -0.4 is 10.3 Å². The molecule has 1 aromatic heterocycles. The molecule has 0 atom stereocenters. The number of para-hydroxylation sites is 1. The van der Waals surface area contributed by atoms with Crippen LogP contribution in [0.3, 0.4) is 0 Å². The quantitative estimate of drug-likeness (QED) is 0.675. The third kappa shape index (κ3) is 2.37. The molecule has 1 heterocycles. The Kier molecular flexibility index (Phi) is 3.88. The fourth-order valence-corrected chi connectivity index (χ4v) is 2.94. The predicted octanol–water partition coefficient (Wildman–Crippen LogP) is 4.21. The van der Waals surface area contributed by atoms with E-state index in [0.717, 1.165) is 40.4 Å². The predicted molar refractivity (Wildman–Crippen MR) is 91.7 cm³/mol. The number of ether oxygens (including phenoxy) is 1. The Hall–Kier alpha value is -2.29. The number of hydrogen-bond donors (Lipinski definition) is 0. The number of nitrogens with zero attached hydrogens (tertiary/aromatic N) is 1. The maximum atomic E-state index is 12.9. The lowest BCUT2D eigenvalue weighted by molar-refractivity contribution is 0.420. The first-order chi connectivity index (χ1) is 10.6. The lowest BCUT2D eigenvalue weighted by Crippen LogP contribution is -2.21. The normalized spacial score (nSPS) is 11.5. The Morgan fingerprint density at radius 2 is 1.77 bits per heavy atom. The molecule has 0 N–H and O–H groups in total. The average molecular weight is 295 g/mol. The molecule has 0 spiro atoms. The molecule has 0 aliphatic carbocycles. The van der Waals surface area contributed by atoms with Gasteiger partial charge in [0.1, 0.15) is 5.75 Å². The fraction of sp³-hybridized carbons (Fsp3) is 0.316. The van der Waals surface area contributed by atoms with Crippen LogP contribution in [0.5, 0.6) is 5.75 Å². The smallest absolute Gasteiger partial charge is 0.259 e.